The van der Waals surface area contributed by atoms with Gasteiger partial charge in [-0.2, -0.15) is 0 Å². The van der Waals surface area contributed by atoms with Crippen molar-refractivity contribution in [1.82, 2.24) is 10.2 Å². The van der Waals surface area contributed by atoms with Gasteiger partial charge in [-0.05, 0) is 64.2 Å². The third-order valence-corrected chi connectivity index (χ3v) is 6.30. The Balaban J connectivity index is 0.000000269. The van der Waals surface area contributed by atoms with E-state index in [2.05, 4.69) is 33.5 Å². The number of anilines is 2. The van der Waals surface area contributed by atoms with E-state index in [0.717, 1.165) is 34.7 Å². The van der Waals surface area contributed by atoms with Crippen LogP contribution in [0.3, 0.4) is 0 Å². The lowest BCUT2D eigenvalue weighted by Gasteiger charge is -2.22. The van der Waals surface area contributed by atoms with Crippen LogP contribution < -0.4 is 16.0 Å². The van der Waals surface area contributed by atoms with Crippen LogP contribution in [0.4, 0.5) is 11.4 Å². The molecule has 2 heterocycles. The number of benzene rings is 2. The SMILES string of the molecule is CNCCN1CCCC1.CNc1ccc(S)cc1/C(C=O)=C1/Nc2ccccc2C1(C)O. The highest BCUT2D eigenvalue weighted by Gasteiger charge is 2.39. The summed E-state index contributed by atoms with van der Waals surface area (Å²) in [6, 6.07) is 13.0. The molecule has 4 rings (SSSR count). The minimum atomic E-state index is -1.26. The molecule has 0 aliphatic carbocycles. The molecule has 32 heavy (non-hydrogen) atoms. The second-order valence-corrected chi connectivity index (χ2v) is 8.80. The van der Waals surface area contributed by atoms with E-state index in [1.807, 2.05) is 49.5 Å². The van der Waals surface area contributed by atoms with Gasteiger partial charge in [0.05, 0.1) is 5.70 Å². The maximum Gasteiger partial charge on any atom is 0.152 e. The van der Waals surface area contributed by atoms with Crippen molar-refractivity contribution < 1.29 is 9.90 Å². The van der Waals surface area contributed by atoms with Crippen molar-refractivity contribution >= 4 is 35.9 Å². The Kier molecular flexibility index (Phi) is 8.37. The van der Waals surface area contributed by atoms with Crippen LogP contribution in [0, 0.1) is 0 Å². The van der Waals surface area contributed by atoms with Crippen molar-refractivity contribution in [3.63, 3.8) is 0 Å². The third-order valence-electron chi connectivity index (χ3n) is 6.02. The van der Waals surface area contributed by atoms with Crippen LogP contribution in [0.2, 0.25) is 0 Å². The smallest absolute Gasteiger partial charge is 0.152 e. The average Bonchev–Trinajstić information content (AvgIpc) is 3.40. The highest BCUT2D eigenvalue weighted by molar-refractivity contribution is 7.80. The van der Waals surface area contributed by atoms with Crippen LogP contribution in [-0.2, 0) is 10.4 Å². The van der Waals surface area contributed by atoms with E-state index < -0.39 is 5.60 Å². The van der Waals surface area contributed by atoms with Crippen LogP contribution in [0.5, 0.6) is 0 Å². The fourth-order valence-corrected chi connectivity index (χ4v) is 4.45. The number of carbonyl (C=O) groups excluding carboxylic acids is 1. The molecule has 1 unspecified atom stereocenters. The van der Waals surface area contributed by atoms with Crippen molar-refractivity contribution in [2.24, 2.45) is 0 Å². The van der Waals surface area contributed by atoms with Crippen molar-refractivity contribution in [3.8, 4) is 0 Å². The first kappa shape index (κ1) is 24.3. The number of aliphatic hydroxyl groups is 1. The number of rotatable bonds is 6. The largest absolute Gasteiger partial charge is 0.388 e. The number of likely N-dealkylation sites (N-methyl/N-ethyl adjacent to an activating group) is 1. The molecule has 0 amide bonds. The number of thiol groups is 1. The molecule has 0 radical (unpaired) electrons. The molecule has 1 fully saturated rings. The molecular weight excluding hydrogens is 420 g/mol. The fraction of sp³-hybridized carbons (Fsp3) is 0.400. The van der Waals surface area contributed by atoms with Gasteiger partial charge in [0.2, 0.25) is 0 Å². The van der Waals surface area contributed by atoms with E-state index in [-0.39, 0.29) is 0 Å². The molecule has 2 aromatic rings. The molecule has 0 aromatic heterocycles. The molecule has 0 saturated carbocycles. The molecule has 0 spiro atoms. The lowest BCUT2D eigenvalue weighted by Crippen LogP contribution is -2.27. The van der Waals surface area contributed by atoms with Gasteiger partial charge in [-0.15, -0.1) is 12.6 Å². The highest BCUT2D eigenvalue weighted by Crippen LogP contribution is 2.44. The first-order valence-corrected chi connectivity index (χ1v) is 11.5. The van der Waals surface area contributed by atoms with Gasteiger partial charge in [0.15, 0.2) is 6.29 Å². The number of likely N-dealkylation sites (tertiary alicyclic amines) is 1. The molecule has 1 saturated heterocycles. The van der Waals surface area contributed by atoms with Crippen molar-refractivity contribution in [2.45, 2.75) is 30.3 Å². The molecule has 2 aromatic carbocycles. The third kappa shape index (κ3) is 5.35. The van der Waals surface area contributed by atoms with Crippen LogP contribution in [0.25, 0.3) is 5.57 Å². The van der Waals surface area contributed by atoms with E-state index in [1.165, 1.54) is 32.5 Å². The molecule has 7 heteroatoms. The number of aldehydes is 1. The molecule has 1 atom stereocenters. The monoisotopic (exact) mass is 454 g/mol. The van der Waals surface area contributed by atoms with E-state index in [4.69, 9.17) is 0 Å². The second kappa shape index (κ2) is 11.0. The highest BCUT2D eigenvalue weighted by atomic mass is 32.1. The average molecular weight is 455 g/mol. The summed E-state index contributed by atoms with van der Waals surface area (Å²) in [4.78, 5) is 15.1. The zero-order valence-corrected chi connectivity index (χ0v) is 20.0. The number of allylic oxidation sites excluding steroid dienone is 1. The summed E-state index contributed by atoms with van der Waals surface area (Å²) in [7, 11) is 3.80. The number of nitrogens with zero attached hydrogens (tertiary/aromatic N) is 1. The van der Waals surface area contributed by atoms with Gasteiger partial charge in [-0.25, -0.2) is 0 Å². The molecule has 172 valence electrons. The Bertz CT molecular complexity index is 968. The first-order chi connectivity index (χ1) is 15.4. The first-order valence-electron chi connectivity index (χ1n) is 11.1. The van der Waals surface area contributed by atoms with Gasteiger partial charge in [-0.1, -0.05) is 18.2 Å². The lowest BCUT2D eigenvalue weighted by molar-refractivity contribution is -0.103. The molecular formula is C25H34N4O2S. The molecule has 6 nitrogen and oxygen atoms in total. The van der Waals surface area contributed by atoms with Crippen molar-refractivity contribution in [2.75, 3.05) is 50.9 Å². The maximum absolute atomic E-state index is 11.8. The quantitative estimate of drug-likeness (QED) is 0.261. The van der Waals surface area contributed by atoms with Crippen LogP contribution >= 0.6 is 12.6 Å². The van der Waals surface area contributed by atoms with Crippen molar-refractivity contribution in [1.29, 1.82) is 0 Å². The van der Waals surface area contributed by atoms with Gasteiger partial charge >= 0.3 is 0 Å². The molecule has 2 aliphatic rings. The summed E-state index contributed by atoms with van der Waals surface area (Å²) in [5, 5.41) is 20.4. The topological polar surface area (TPSA) is 76.6 Å². The van der Waals surface area contributed by atoms with Crippen LogP contribution in [0.15, 0.2) is 53.1 Å². The Morgan fingerprint density at radius 2 is 1.94 bits per heavy atom. The Hall–Kier alpha value is -2.32. The van der Waals surface area contributed by atoms with E-state index in [9.17, 15) is 9.90 Å². The molecule has 0 bridgehead atoms. The zero-order valence-electron chi connectivity index (χ0n) is 19.1. The Morgan fingerprint density at radius 1 is 1.22 bits per heavy atom. The van der Waals surface area contributed by atoms with Gasteiger partial charge < -0.3 is 26.0 Å². The predicted molar refractivity (Wildman–Crippen MR) is 135 cm³/mol. The van der Waals surface area contributed by atoms with Gasteiger partial charge in [-0.3, -0.25) is 4.79 Å². The summed E-state index contributed by atoms with van der Waals surface area (Å²) in [5.41, 5.74) is 2.68. The van der Waals surface area contributed by atoms with Gasteiger partial charge in [0, 0.05) is 53.1 Å². The minimum absolute atomic E-state index is 0.409. The number of hydrogen-bond acceptors (Lipinski definition) is 7. The number of nitrogens with one attached hydrogen (secondary N) is 3. The van der Waals surface area contributed by atoms with Crippen LogP contribution in [-0.4, -0.2) is 56.6 Å². The summed E-state index contributed by atoms with van der Waals surface area (Å²) < 4.78 is 0. The zero-order chi connectivity index (χ0) is 23.1. The second-order valence-electron chi connectivity index (χ2n) is 8.28. The summed E-state index contributed by atoms with van der Waals surface area (Å²) >= 11 is 4.36. The number of para-hydroxylation sites is 1. The number of fused-ring (bicyclic) bond motifs is 1. The lowest BCUT2D eigenvalue weighted by atomic mass is 9.90. The number of hydrogen-bond donors (Lipinski definition) is 5. The summed E-state index contributed by atoms with van der Waals surface area (Å²) in [5.74, 6) is 0. The fourth-order valence-electron chi connectivity index (χ4n) is 4.24. The summed E-state index contributed by atoms with van der Waals surface area (Å²) in [6.07, 6.45) is 3.58. The van der Waals surface area contributed by atoms with E-state index in [0.29, 0.717) is 16.8 Å². The van der Waals surface area contributed by atoms with Crippen LogP contribution in [0.1, 0.15) is 30.9 Å². The Labute approximate surface area is 196 Å². The van der Waals surface area contributed by atoms with Gasteiger partial charge in [0.1, 0.15) is 5.60 Å². The van der Waals surface area contributed by atoms with E-state index >= 15 is 0 Å². The number of carbonyl (C=O) groups is 1. The van der Waals surface area contributed by atoms with Gasteiger partial charge in [0.25, 0.3) is 0 Å². The van der Waals surface area contributed by atoms with Crippen molar-refractivity contribution in [3.05, 3.63) is 59.3 Å². The van der Waals surface area contributed by atoms with E-state index in [1.54, 1.807) is 14.0 Å². The predicted octanol–water partition coefficient (Wildman–Crippen LogP) is 3.56. The summed E-state index contributed by atoms with van der Waals surface area (Å²) in [6.45, 7) is 6.70. The molecule has 4 N–H and O–H groups in total. The Morgan fingerprint density at radius 3 is 2.56 bits per heavy atom. The molecule has 2 aliphatic heterocycles. The maximum atomic E-state index is 11.8. The normalized spacial score (nSPS) is 21.3. The minimum Gasteiger partial charge on any atom is -0.388 e. The standard InChI is InChI=1S/C18H18N2O2S.C7H16N2/c1-18(22)14-5-3-4-6-16(14)20-17(18)13(10-21)12-9-11(23)7-8-15(12)19-2;1-8-4-7-9-5-2-3-6-9/h3-10,19-20,22-23H,1-2H3;8H,2-7H2,1H3/b17-13+;.